The molecule has 0 unspecified atom stereocenters. The lowest BCUT2D eigenvalue weighted by molar-refractivity contribution is -0.0287. The third-order valence-electron chi connectivity index (χ3n) is 4.29. The van der Waals surface area contributed by atoms with Gasteiger partial charge in [-0.2, -0.15) is 4.80 Å². The number of rotatable bonds is 7. The lowest BCUT2D eigenvalue weighted by Gasteiger charge is -2.33. The van der Waals surface area contributed by atoms with E-state index in [-0.39, 0.29) is 18.7 Å². The summed E-state index contributed by atoms with van der Waals surface area (Å²) in [6.45, 7) is 6.09. The van der Waals surface area contributed by atoms with E-state index >= 15 is 0 Å². The third kappa shape index (κ3) is 6.03. The summed E-state index contributed by atoms with van der Waals surface area (Å²) in [7, 11) is 0. The Morgan fingerprint density at radius 1 is 1.32 bits per heavy atom. The molecule has 1 saturated heterocycles. The fourth-order valence-corrected chi connectivity index (χ4v) is 3.17. The number of hydrogen-bond acceptors (Lipinski definition) is 6. The monoisotopic (exact) mass is 427 g/mol. The van der Waals surface area contributed by atoms with E-state index in [2.05, 4.69) is 30.9 Å². The van der Waals surface area contributed by atoms with Gasteiger partial charge >= 0.3 is 6.03 Å². The molecular formula is C17H23Cl2N7O2. The molecule has 28 heavy (non-hydrogen) atoms. The first-order valence-corrected chi connectivity index (χ1v) is 9.85. The summed E-state index contributed by atoms with van der Waals surface area (Å²) >= 11 is 12.1. The fraction of sp³-hybridized carbons (Fsp3) is 0.529. The minimum absolute atomic E-state index is 0.0821. The van der Waals surface area contributed by atoms with E-state index in [1.165, 1.54) is 4.80 Å². The van der Waals surface area contributed by atoms with Gasteiger partial charge in [0.05, 0.1) is 35.8 Å². The molecule has 1 aromatic carbocycles. The quantitative estimate of drug-likeness (QED) is 0.697. The highest BCUT2D eigenvalue weighted by molar-refractivity contribution is 6.42. The Kier molecular flexibility index (Phi) is 7.43. The lowest BCUT2D eigenvalue weighted by Crippen LogP contribution is -2.48. The minimum Gasteiger partial charge on any atom is -0.374 e. The van der Waals surface area contributed by atoms with Crippen molar-refractivity contribution in [3.63, 3.8) is 0 Å². The molecule has 0 aliphatic carbocycles. The number of carbonyl (C=O) groups is 1. The van der Waals surface area contributed by atoms with Crippen molar-refractivity contribution in [1.82, 2.24) is 35.7 Å². The van der Waals surface area contributed by atoms with Gasteiger partial charge in [0, 0.05) is 26.2 Å². The van der Waals surface area contributed by atoms with Crippen molar-refractivity contribution < 1.29 is 9.53 Å². The number of nitrogens with one attached hydrogen (secondary N) is 2. The predicted octanol–water partition coefficient (Wildman–Crippen LogP) is 1.70. The zero-order valence-electron chi connectivity index (χ0n) is 15.6. The van der Waals surface area contributed by atoms with Crippen LogP contribution in [-0.2, 0) is 24.4 Å². The van der Waals surface area contributed by atoms with Crippen LogP contribution in [0.2, 0.25) is 10.0 Å². The molecule has 152 valence electrons. The average Bonchev–Trinajstić information content (AvgIpc) is 3.16. The topological polar surface area (TPSA) is 97.2 Å². The number of carbonyl (C=O) groups excluding carboxylic acids is 1. The van der Waals surface area contributed by atoms with Crippen LogP contribution in [0.1, 0.15) is 18.3 Å². The molecular weight excluding hydrogens is 405 g/mol. The van der Waals surface area contributed by atoms with Crippen LogP contribution in [0.4, 0.5) is 4.79 Å². The Morgan fingerprint density at radius 3 is 2.93 bits per heavy atom. The van der Waals surface area contributed by atoms with Crippen molar-refractivity contribution in [3.05, 3.63) is 39.6 Å². The SMILES string of the molecule is CCn1nnc(CNC(=O)NC[C@H]2CN(Cc3ccc(Cl)c(Cl)c3)CCO2)n1. The van der Waals surface area contributed by atoms with Gasteiger partial charge in [0.25, 0.3) is 0 Å². The van der Waals surface area contributed by atoms with Crippen LogP contribution in [0, 0.1) is 0 Å². The Balaban J connectivity index is 1.40. The van der Waals surface area contributed by atoms with E-state index in [0.29, 0.717) is 42.1 Å². The molecule has 9 nitrogen and oxygen atoms in total. The van der Waals surface area contributed by atoms with Crippen molar-refractivity contribution in [2.24, 2.45) is 0 Å². The van der Waals surface area contributed by atoms with Crippen LogP contribution in [0.5, 0.6) is 0 Å². The Morgan fingerprint density at radius 2 is 2.18 bits per heavy atom. The molecule has 0 bridgehead atoms. The summed E-state index contributed by atoms with van der Waals surface area (Å²) in [5.41, 5.74) is 1.09. The van der Waals surface area contributed by atoms with Gasteiger partial charge in [-0.05, 0) is 29.8 Å². The molecule has 1 fully saturated rings. The normalized spacial score (nSPS) is 17.5. The van der Waals surface area contributed by atoms with Crippen LogP contribution in [0.15, 0.2) is 18.2 Å². The van der Waals surface area contributed by atoms with Crippen molar-refractivity contribution >= 4 is 29.2 Å². The molecule has 3 rings (SSSR count). The van der Waals surface area contributed by atoms with Gasteiger partial charge in [0.15, 0.2) is 5.82 Å². The maximum atomic E-state index is 12.0. The molecule has 1 atom stereocenters. The molecule has 1 aliphatic rings. The number of nitrogens with zero attached hydrogens (tertiary/aromatic N) is 5. The molecule has 2 N–H and O–H groups in total. The summed E-state index contributed by atoms with van der Waals surface area (Å²) in [5, 5.41) is 18.5. The van der Waals surface area contributed by atoms with Gasteiger partial charge in [-0.25, -0.2) is 4.79 Å². The summed E-state index contributed by atoms with van der Waals surface area (Å²) in [6, 6.07) is 5.35. The molecule has 11 heteroatoms. The summed E-state index contributed by atoms with van der Waals surface area (Å²) in [4.78, 5) is 15.7. The minimum atomic E-state index is -0.293. The van der Waals surface area contributed by atoms with Crippen molar-refractivity contribution in [2.45, 2.75) is 32.7 Å². The predicted molar refractivity (Wildman–Crippen MR) is 105 cm³/mol. The first-order valence-electron chi connectivity index (χ1n) is 9.09. The average molecular weight is 428 g/mol. The molecule has 0 saturated carbocycles. The van der Waals surface area contributed by atoms with Crippen molar-refractivity contribution in [2.75, 3.05) is 26.2 Å². The van der Waals surface area contributed by atoms with Gasteiger partial charge < -0.3 is 15.4 Å². The van der Waals surface area contributed by atoms with Crippen LogP contribution in [0.3, 0.4) is 0 Å². The first-order chi connectivity index (χ1) is 13.5. The maximum Gasteiger partial charge on any atom is 0.315 e. The molecule has 2 aromatic rings. The summed E-state index contributed by atoms with van der Waals surface area (Å²) in [5.74, 6) is 0.471. The van der Waals surface area contributed by atoms with E-state index in [0.717, 1.165) is 18.7 Å². The second-order valence-corrected chi connectivity index (χ2v) is 7.25. The van der Waals surface area contributed by atoms with E-state index in [1.807, 2.05) is 19.1 Å². The van der Waals surface area contributed by atoms with Gasteiger partial charge in [-0.1, -0.05) is 29.3 Å². The number of aryl methyl sites for hydroxylation is 1. The summed E-state index contributed by atoms with van der Waals surface area (Å²) < 4.78 is 5.75. The summed E-state index contributed by atoms with van der Waals surface area (Å²) in [6.07, 6.45) is -0.0821. The Bertz CT molecular complexity index is 802. The fourth-order valence-electron chi connectivity index (χ4n) is 2.85. The van der Waals surface area contributed by atoms with Crippen molar-refractivity contribution in [1.29, 1.82) is 0 Å². The molecule has 1 aliphatic heterocycles. The van der Waals surface area contributed by atoms with Gasteiger partial charge in [-0.15, -0.1) is 10.2 Å². The molecule has 0 radical (unpaired) electrons. The standard InChI is InChI=1S/C17H23Cl2N7O2/c1-2-26-23-16(22-24-26)9-21-17(27)20-8-13-11-25(5-6-28-13)10-12-3-4-14(18)15(19)7-12/h3-4,7,13H,2,5-6,8-11H2,1H3,(H2,20,21,27)/t13-/m0/s1. The van der Waals surface area contributed by atoms with Crippen molar-refractivity contribution in [3.8, 4) is 0 Å². The number of halogens is 2. The molecule has 2 heterocycles. The van der Waals surface area contributed by atoms with Crippen LogP contribution in [0.25, 0.3) is 0 Å². The van der Waals surface area contributed by atoms with E-state index in [4.69, 9.17) is 27.9 Å². The highest BCUT2D eigenvalue weighted by atomic mass is 35.5. The Labute approximate surface area is 173 Å². The second-order valence-electron chi connectivity index (χ2n) is 6.43. The van der Waals surface area contributed by atoms with Crippen LogP contribution in [-0.4, -0.2) is 63.5 Å². The Hall–Kier alpha value is -1.94. The number of benzene rings is 1. The number of amides is 2. The van der Waals surface area contributed by atoms with E-state index in [9.17, 15) is 4.79 Å². The number of morpholine rings is 1. The highest BCUT2D eigenvalue weighted by Gasteiger charge is 2.21. The number of ether oxygens (including phenoxy) is 1. The van der Waals surface area contributed by atoms with Gasteiger partial charge in [-0.3, -0.25) is 4.90 Å². The van der Waals surface area contributed by atoms with E-state index in [1.54, 1.807) is 6.07 Å². The second kappa shape index (κ2) is 10.0. The zero-order valence-corrected chi connectivity index (χ0v) is 17.1. The number of hydrogen-bond donors (Lipinski definition) is 2. The largest absolute Gasteiger partial charge is 0.374 e. The third-order valence-corrected chi connectivity index (χ3v) is 5.03. The zero-order chi connectivity index (χ0) is 19.9. The first kappa shape index (κ1) is 20.8. The van der Waals surface area contributed by atoms with Gasteiger partial charge in [0.1, 0.15) is 0 Å². The van der Waals surface area contributed by atoms with Gasteiger partial charge in [0.2, 0.25) is 0 Å². The molecule has 1 aromatic heterocycles. The highest BCUT2D eigenvalue weighted by Crippen LogP contribution is 2.23. The van der Waals surface area contributed by atoms with E-state index < -0.39 is 0 Å². The number of urea groups is 1. The number of aromatic nitrogens is 4. The molecule has 2 amide bonds. The van der Waals surface area contributed by atoms with Crippen LogP contribution >= 0.6 is 23.2 Å². The number of tetrazole rings is 1. The molecule has 0 spiro atoms. The lowest BCUT2D eigenvalue weighted by atomic mass is 10.2. The smallest absolute Gasteiger partial charge is 0.315 e. The van der Waals surface area contributed by atoms with Crippen LogP contribution < -0.4 is 10.6 Å². The maximum absolute atomic E-state index is 12.0.